The van der Waals surface area contributed by atoms with Crippen LogP contribution in [0.1, 0.15) is 95.4 Å². The molecule has 1 aliphatic rings. The maximum absolute atomic E-state index is 9.84. The minimum absolute atomic E-state index is 0. The smallest absolute Gasteiger partial charge is 0.171 e. The zero-order valence-electron chi connectivity index (χ0n) is 26.1. The summed E-state index contributed by atoms with van der Waals surface area (Å²) >= 11 is 0. The van der Waals surface area contributed by atoms with Gasteiger partial charge in [-0.2, -0.15) is 0 Å². The fourth-order valence-electron chi connectivity index (χ4n) is 4.35. The van der Waals surface area contributed by atoms with Gasteiger partial charge < -0.3 is 28.8 Å². The molecule has 0 aliphatic heterocycles. The van der Waals surface area contributed by atoms with Crippen molar-refractivity contribution >= 4 is 0 Å². The molecule has 2 unspecified atom stereocenters. The summed E-state index contributed by atoms with van der Waals surface area (Å²) in [6.45, 7) is 11.3. The Bertz CT molecular complexity index is 1340. The Morgan fingerprint density at radius 1 is 0.689 bits per heavy atom. The van der Waals surface area contributed by atoms with Crippen molar-refractivity contribution in [2.45, 2.75) is 37.8 Å². The van der Waals surface area contributed by atoms with Gasteiger partial charge in [0.05, 0.1) is 39.1 Å². The molecule has 1 fully saturated rings. The Morgan fingerprint density at radius 2 is 1.16 bits per heavy atom. The average Bonchev–Trinajstić information content (AvgIpc) is 3.06. The number of ether oxygens (including phenoxy) is 5. The summed E-state index contributed by atoms with van der Waals surface area (Å²) in [5.41, 5.74) is 0.690. The summed E-state index contributed by atoms with van der Waals surface area (Å²) in [5.74, 6) is 1.31. The van der Waals surface area contributed by atoms with Crippen molar-refractivity contribution in [1.29, 1.82) is 0 Å². The zero-order valence-corrected chi connectivity index (χ0v) is 26.1. The summed E-state index contributed by atoms with van der Waals surface area (Å²) in [5, 5.41) is 9.84. The maximum Gasteiger partial charge on any atom is 0.171 e. The van der Waals surface area contributed by atoms with Crippen LogP contribution in [0.25, 0.3) is 0 Å². The van der Waals surface area contributed by atoms with E-state index in [-0.39, 0.29) is 102 Å². The fourth-order valence-corrected chi connectivity index (χ4v) is 4.35. The number of hydrogen-bond acceptors (Lipinski definition) is 6. The highest BCUT2D eigenvalue weighted by atomic mass is 16.6. The van der Waals surface area contributed by atoms with Gasteiger partial charge in [-0.3, -0.25) is 0 Å². The molecule has 0 spiro atoms. The molecule has 0 amide bonds. The molecule has 1 N–H and O–H groups in total. The largest absolute Gasteiger partial charge is 0.497 e. The molecule has 0 saturated heterocycles. The van der Waals surface area contributed by atoms with Gasteiger partial charge >= 0.3 is 0 Å². The van der Waals surface area contributed by atoms with Crippen molar-refractivity contribution < 1.29 is 106 Å². The Balaban J connectivity index is -0.00000000768. The fraction of sp³-hybridized carbons (Fsp3) is 0.231. The molecule has 0 bridgehead atoms. The summed E-state index contributed by atoms with van der Waals surface area (Å²) in [6.07, 6.45) is 38.4. The zero-order chi connectivity index (χ0) is 32.4. The molecule has 0 heterocycles. The van der Waals surface area contributed by atoms with Gasteiger partial charge in [-0.25, -0.2) is 0 Å². The lowest BCUT2D eigenvalue weighted by atomic mass is 9.83. The molecule has 0 radical (unpaired) electrons. The van der Waals surface area contributed by atoms with E-state index in [2.05, 4.69) is 19.7 Å². The molecule has 1 saturated carbocycles. The molecule has 1 aromatic carbocycles. The second-order valence-electron chi connectivity index (χ2n) is 9.73. The third kappa shape index (κ3) is 14.9. The number of methoxy groups -OCH3 is 1. The van der Waals surface area contributed by atoms with Gasteiger partial charge in [-0.1, -0.05) is 111 Å². The lowest BCUT2D eigenvalue weighted by Gasteiger charge is -2.39. The van der Waals surface area contributed by atoms with Crippen molar-refractivity contribution in [2.75, 3.05) is 13.7 Å². The van der Waals surface area contributed by atoms with Gasteiger partial charge in [-0.15, -0.1) is 0 Å². The Morgan fingerprint density at radius 3 is 1.62 bits per heavy atom. The monoisotopic (exact) mass is 719 g/mol. The van der Waals surface area contributed by atoms with Crippen LogP contribution in [0.15, 0.2) is 166 Å². The van der Waals surface area contributed by atoms with E-state index in [0.717, 1.165) is 0 Å². The topological polar surface area (TPSA) is 66.4 Å². The molecule has 6 nitrogen and oxygen atoms in total. The van der Waals surface area contributed by atoms with Gasteiger partial charge in [0.2, 0.25) is 0 Å². The molecule has 346 valence electrons. The van der Waals surface area contributed by atoms with E-state index in [1.54, 1.807) is 62.3 Å². The van der Waals surface area contributed by atoms with Crippen molar-refractivity contribution in [3.05, 3.63) is 172 Å². The quantitative estimate of drug-likeness (QED) is 0.107. The van der Waals surface area contributed by atoms with E-state index >= 15 is 0 Å². The van der Waals surface area contributed by atoms with Gasteiger partial charge in [0.25, 0.3) is 0 Å². The number of aliphatic hydroxyl groups excluding tert-OH is 1. The van der Waals surface area contributed by atoms with Crippen LogP contribution in [0.3, 0.4) is 0 Å². The maximum atomic E-state index is 9.84. The first kappa shape index (κ1) is 36.3. The predicted octanol–water partition coefficient (Wildman–Crippen LogP) is 21.9. The third-order valence-corrected chi connectivity index (χ3v) is 6.50. The molecule has 2 atom stereocenters. The van der Waals surface area contributed by atoms with E-state index in [9.17, 15) is 5.11 Å². The van der Waals surface area contributed by atoms with Gasteiger partial charge in [-0.05, 0) is 43.2 Å². The van der Waals surface area contributed by atoms with Crippen LogP contribution in [0.4, 0.5) is 0 Å². The van der Waals surface area contributed by atoms with Crippen LogP contribution < -0.4 is 9.47 Å². The summed E-state index contributed by atoms with van der Waals surface area (Å²) in [6, 6.07) is 5.39. The molecular weight excluding hydrogens is 564 g/mol. The standard InChI is InChI=1S/C39H46O6.54H2/c1-5-8-11-14-17-20-25-42-37-28-33(32-45-36-30-35(41-4)24-23-34(36)31-40)29-38(43-26-21-18-15-12-9-6-2)39(37)44-27-22-19-16-13-10-7-3;;;;;;;;;;;;;;;;;;;;;;;;;;;;;;;;;;;;;;;;;;;;;;;;;;;;;;/h5-27,30,33,37-40H,1-3,28-29,31-32H2,4H3;54*1H/b11-8+,12-9+,13-10+,17-14+,18-15+,19-16+,25-20+,26-21+,27-22+;;;;;;;;;;;;;;;;;;;;;;;;;;;;;;;;;;;;;;;;;;;;;;;;;;;;;;. The highest BCUT2D eigenvalue weighted by Gasteiger charge is 2.41. The molecule has 6 heteroatoms. The van der Waals surface area contributed by atoms with Gasteiger partial charge in [0.15, 0.2) is 6.10 Å². The van der Waals surface area contributed by atoms with Crippen molar-refractivity contribution in [3.63, 3.8) is 0 Å². The first-order valence-electron chi connectivity index (χ1n) is 14.9. The Kier molecular flexibility index (Phi) is 18.9. The molecule has 45 heavy (non-hydrogen) atoms. The van der Waals surface area contributed by atoms with Crippen LogP contribution in [0, 0.1) is 5.92 Å². The molecule has 1 aromatic rings. The van der Waals surface area contributed by atoms with E-state index < -0.39 is 6.10 Å². The first-order chi connectivity index (χ1) is 22.2. The first-order valence-corrected chi connectivity index (χ1v) is 14.9. The highest BCUT2D eigenvalue weighted by molar-refractivity contribution is 5.40. The van der Waals surface area contributed by atoms with Crippen LogP contribution >= 0.6 is 0 Å². The molecular formula is C39H154O6. The molecule has 0 aromatic heterocycles. The van der Waals surface area contributed by atoms with Crippen LogP contribution in [-0.4, -0.2) is 37.1 Å². The minimum Gasteiger partial charge on any atom is -0.497 e. The lowest BCUT2D eigenvalue weighted by Crippen LogP contribution is -2.48. The van der Waals surface area contributed by atoms with Crippen LogP contribution in [0.5, 0.6) is 11.5 Å². The van der Waals surface area contributed by atoms with Crippen molar-refractivity contribution in [2.24, 2.45) is 5.92 Å². The Hall–Kier alpha value is -4.94. The van der Waals surface area contributed by atoms with E-state index in [4.69, 9.17) is 23.7 Å². The average molecular weight is 720 g/mol. The van der Waals surface area contributed by atoms with Crippen molar-refractivity contribution in [1.82, 2.24) is 0 Å². The summed E-state index contributed by atoms with van der Waals surface area (Å²) in [4.78, 5) is 0. The number of rotatable bonds is 20. The second kappa shape index (κ2) is 23.5. The number of hydrogen-bond donors (Lipinski definition) is 1. The minimum atomic E-state index is -0.400. The molecule has 2 rings (SSSR count). The van der Waals surface area contributed by atoms with Crippen LogP contribution in [-0.2, 0) is 20.8 Å². The predicted molar refractivity (Wildman–Crippen MR) is 299 cm³/mol. The normalized spacial score (nSPS) is 21.0. The number of benzene rings is 1. The van der Waals surface area contributed by atoms with Crippen molar-refractivity contribution in [3.8, 4) is 11.5 Å². The van der Waals surface area contributed by atoms with Crippen LogP contribution in [0.2, 0.25) is 0 Å². The van der Waals surface area contributed by atoms with E-state index in [1.807, 2.05) is 91.1 Å². The number of aliphatic hydroxyl groups is 1. The van der Waals surface area contributed by atoms with Gasteiger partial charge in [0.1, 0.15) is 23.7 Å². The summed E-state index contributed by atoms with van der Waals surface area (Å²) < 4.78 is 30.3. The lowest BCUT2D eigenvalue weighted by molar-refractivity contribution is -0.116. The Labute approximate surface area is 349 Å². The molecule has 1 aliphatic carbocycles. The SMILES string of the molecule is C=C/C=C/C=C/C=C/OC1CC(COc2cc(OC)ccc2CO)CC(O/C=C/C=C/C=C/C=C)C1O/C=C/C=C/C=C/C=C.[HH].[HH].[HH].[HH].[HH].[HH].[HH].[HH].[HH].[HH].[HH].[HH].[HH].[HH].[HH].[HH].[HH].[HH].[HH].[HH].[HH].[HH].[HH].[HH].[HH].[HH].[HH].[HH].[HH].[HH].[HH].[HH].[HH].[HH].[HH].[HH].[HH].[HH].[HH].[HH].[HH].[HH].[HH].[HH].[HH].[HH].[HH].[HH].[HH].[HH].[HH].[HH].[HH].[HH]. The third-order valence-electron chi connectivity index (χ3n) is 6.50. The highest BCUT2D eigenvalue weighted by Crippen LogP contribution is 2.33. The second-order valence-corrected chi connectivity index (χ2v) is 9.73. The summed E-state index contributed by atoms with van der Waals surface area (Å²) in [7, 11) is 1.60. The van der Waals surface area contributed by atoms with Gasteiger partial charge in [0, 0.05) is 94.6 Å². The van der Waals surface area contributed by atoms with E-state index in [0.29, 0.717) is 36.5 Å². The van der Waals surface area contributed by atoms with E-state index in [1.165, 1.54) is 0 Å². The number of allylic oxidation sites excluding steroid dienone is 18.